The van der Waals surface area contributed by atoms with Crippen LogP contribution in [0.2, 0.25) is 0 Å². The minimum absolute atomic E-state index is 0.222. The second kappa shape index (κ2) is 3.15. The Balaban J connectivity index is 2.31. The highest BCUT2D eigenvalue weighted by molar-refractivity contribution is 5.32. The van der Waals surface area contributed by atoms with E-state index in [0.29, 0.717) is 5.92 Å². The average Bonchev–Trinajstić information content (AvgIpc) is 2.91. The first-order chi connectivity index (χ1) is 6.18. The molecule has 1 heteroatoms. The van der Waals surface area contributed by atoms with Gasteiger partial charge >= 0.3 is 0 Å². The molecule has 1 fully saturated rings. The standard InChI is InChI=1S/C12H16O/c1-8-3-4-9(2)11(7-8)12(13)10-5-6-10/h3-4,7,10,12-13H,5-6H2,1-2H3. The van der Waals surface area contributed by atoms with Crippen LogP contribution < -0.4 is 0 Å². The van der Waals surface area contributed by atoms with Gasteiger partial charge in [0.25, 0.3) is 0 Å². The summed E-state index contributed by atoms with van der Waals surface area (Å²) in [6, 6.07) is 6.30. The lowest BCUT2D eigenvalue weighted by Gasteiger charge is -2.13. The van der Waals surface area contributed by atoms with Crippen LogP contribution in [0.5, 0.6) is 0 Å². The minimum atomic E-state index is -0.222. The van der Waals surface area contributed by atoms with Crippen molar-refractivity contribution in [2.75, 3.05) is 0 Å². The SMILES string of the molecule is Cc1ccc(C)c(C(O)C2CC2)c1. The van der Waals surface area contributed by atoms with E-state index in [1.54, 1.807) is 0 Å². The van der Waals surface area contributed by atoms with Gasteiger partial charge in [-0.25, -0.2) is 0 Å². The van der Waals surface area contributed by atoms with Crippen molar-refractivity contribution in [3.63, 3.8) is 0 Å². The number of aliphatic hydroxyl groups is 1. The summed E-state index contributed by atoms with van der Waals surface area (Å²) in [6.07, 6.45) is 2.16. The predicted octanol–water partition coefficient (Wildman–Crippen LogP) is 2.75. The quantitative estimate of drug-likeness (QED) is 0.734. The Bertz CT molecular complexity index is 313. The molecule has 70 valence electrons. The van der Waals surface area contributed by atoms with E-state index in [4.69, 9.17) is 0 Å². The molecule has 0 heterocycles. The van der Waals surface area contributed by atoms with E-state index in [-0.39, 0.29) is 6.10 Å². The second-order valence-corrected chi connectivity index (χ2v) is 4.14. The molecule has 1 unspecified atom stereocenters. The van der Waals surface area contributed by atoms with Gasteiger partial charge in [-0.05, 0) is 43.7 Å². The summed E-state index contributed by atoms with van der Waals surface area (Å²) in [4.78, 5) is 0. The summed E-state index contributed by atoms with van der Waals surface area (Å²) in [6.45, 7) is 4.14. The molecule has 1 saturated carbocycles. The van der Waals surface area contributed by atoms with Gasteiger partial charge in [-0.15, -0.1) is 0 Å². The molecular formula is C12H16O. The first-order valence-corrected chi connectivity index (χ1v) is 4.93. The Morgan fingerprint density at radius 3 is 2.62 bits per heavy atom. The molecule has 0 spiro atoms. The van der Waals surface area contributed by atoms with Gasteiger partial charge in [0, 0.05) is 0 Å². The highest BCUT2D eigenvalue weighted by atomic mass is 16.3. The van der Waals surface area contributed by atoms with Crippen molar-refractivity contribution < 1.29 is 5.11 Å². The van der Waals surface area contributed by atoms with Gasteiger partial charge in [0.2, 0.25) is 0 Å². The highest BCUT2D eigenvalue weighted by Gasteiger charge is 2.31. The van der Waals surface area contributed by atoms with Crippen LogP contribution in [0.4, 0.5) is 0 Å². The maximum Gasteiger partial charge on any atom is 0.0820 e. The smallest absolute Gasteiger partial charge is 0.0820 e. The molecular weight excluding hydrogens is 160 g/mol. The molecule has 2 rings (SSSR count). The van der Waals surface area contributed by atoms with Crippen molar-refractivity contribution in [2.45, 2.75) is 32.8 Å². The number of rotatable bonds is 2. The second-order valence-electron chi connectivity index (χ2n) is 4.14. The van der Waals surface area contributed by atoms with E-state index >= 15 is 0 Å². The summed E-state index contributed by atoms with van der Waals surface area (Å²) >= 11 is 0. The molecule has 0 aromatic heterocycles. The van der Waals surface area contributed by atoms with E-state index in [2.05, 4.69) is 32.0 Å². The third-order valence-corrected chi connectivity index (χ3v) is 2.82. The molecule has 0 radical (unpaired) electrons. The van der Waals surface area contributed by atoms with Gasteiger partial charge in [-0.1, -0.05) is 23.8 Å². The highest BCUT2D eigenvalue weighted by Crippen LogP contribution is 2.41. The molecule has 0 saturated heterocycles. The van der Waals surface area contributed by atoms with Gasteiger partial charge in [0.05, 0.1) is 6.10 Å². The van der Waals surface area contributed by atoms with Crippen LogP contribution in [0.1, 0.15) is 35.6 Å². The van der Waals surface area contributed by atoms with E-state index in [1.807, 2.05) is 0 Å². The maximum atomic E-state index is 9.97. The van der Waals surface area contributed by atoms with Gasteiger partial charge < -0.3 is 5.11 Å². The number of hydrogen-bond donors (Lipinski definition) is 1. The van der Waals surface area contributed by atoms with Crippen molar-refractivity contribution in [1.29, 1.82) is 0 Å². The van der Waals surface area contributed by atoms with Crippen molar-refractivity contribution >= 4 is 0 Å². The number of aryl methyl sites for hydroxylation is 2. The molecule has 1 nitrogen and oxygen atoms in total. The lowest BCUT2D eigenvalue weighted by Crippen LogP contribution is -2.02. The van der Waals surface area contributed by atoms with Crippen LogP contribution in [0, 0.1) is 19.8 Å². The van der Waals surface area contributed by atoms with Crippen molar-refractivity contribution in [1.82, 2.24) is 0 Å². The average molecular weight is 176 g/mol. The molecule has 1 N–H and O–H groups in total. The minimum Gasteiger partial charge on any atom is -0.388 e. The van der Waals surface area contributed by atoms with Gasteiger partial charge in [-0.3, -0.25) is 0 Å². The van der Waals surface area contributed by atoms with Gasteiger partial charge in [0.15, 0.2) is 0 Å². The lowest BCUT2D eigenvalue weighted by molar-refractivity contribution is 0.153. The Labute approximate surface area is 79.4 Å². The fourth-order valence-electron chi connectivity index (χ4n) is 1.74. The Hall–Kier alpha value is -0.820. The molecule has 1 aliphatic carbocycles. The largest absolute Gasteiger partial charge is 0.388 e. The predicted molar refractivity (Wildman–Crippen MR) is 53.6 cm³/mol. The fourth-order valence-corrected chi connectivity index (χ4v) is 1.74. The van der Waals surface area contributed by atoms with Crippen LogP contribution in [0.15, 0.2) is 18.2 Å². The lowest BCUT2D eigenvalue weighted by atomic mass is 9.98. The third kappa shape index (κ3) is 1.75. The summed E-state index contributed by atoms with van der Waals surface area (Å²) in [5, 5.41) is 9.97. The molecule has 1 aromatic carbocycles. The molecule has 0 amide bonds. The first kappa shape index (κ1) is 8.76. The maximum absolute atomic E-state index is 9.97. The number of benzene rings is 1. The molecule has 13 heavy (non-hydrogen) atoms. The molecule has 0 bridgehead atoms. The van der Waals surface area contributed by atoms with Crippen LogP contribution in [0.3, 0.4) is 0 Å². The zero-order valence-electron chi connectivity index (χ0n) is 8.25. The molecule has 1 aliphatic rings. The Morgan fingerprint density at radius 2 is 2.00 bits per heavy atom. The van der Waals surface area contributed by atoms with Crippen LogP contribution in [-0.4, -0.2) is 5.11 Å². The van der Waals surface area contributed by atoms with E-state index in [1.165, 1.54) is 24.0 Å². The van der Waals surface area contributed by atoms with E-state index < -0.39 is 0 Å². The topological polar surface area (TPSA) is 20.2 Å². The number of hydrogen-bond acceptors (Lipinski definition) is 1. The zero-order valence-corrected chi connectivity index (χ0v) is 8.25. The van der Waals surface area contributed by atoms with E-state index in [9.17, 15) is 5.11 Å². The molecule has 1 atom stereocenters. The summed E-state index contributed by atoms with van der Waals surface area (Å²) in [5.41, 5.74) is 3.58. The zero-order chi connectivity index (χ0) is 9.42. The Morgan fingerprint density at radius 1 is 1.31 bits per heavy atom. The summed E-state index contributed by atoms with van der Waals surface area (Å²) in [7, 11) is 0. The monoisotopic (exact) mass is 176 g/mol. The number of aliphatic hydroxyl groups excluding tert-OH is 1. The fraction of sp³-hybridized carbons (Fsp3) is 0.500. The van der Waals surface area contributed by atoms with Crippen molar-refractivity contribution in [3.05, 3.63) is 34.9 Å². The molecule has 1 aromatic rings. The first-order valence-electron chi connectivity index (χ1n) is 4.93. The van der Waals surface area contributed by atoms with Crippen molar-refractivity contribution in [3.8, 4) is 0 Å². The van der Waals surface area contributed by atoms with Crippen LogP contribution in [0.25, 0.3) is 0 Å². The summed E-state index contributed by atoms with van der Waals surface area (Å²) < 4.78 is 0. The Kier molecular flexibility index (Phi) is 2.12. The summed E-state index contributed by atoms with van der Waals surface area (Å²) in [5.74, 6) is 0.528. The van der Waals surface area contributed by atoms with Crippen LogP contribution in [-0.2, 0) is 0 Å². The normalized spacial score (nSPS) is 18.7. The third-order valence-electron chi connectivity index (χ3n) is 2.82. The van der Waals surface area contributed by atoms with Crippen LogP contribution >= 0.6 is 0 Å². The van der Waals surface area contributed by atoms with Crippen molar-refractivity contribution in [2.24, 2.45) is 5.92 Å². The van der Waals surface area contributed by atoms with E-state index in [0.717, 1.165) is 5.56 Å². The van der Waals surface area contributed by atoms with Gasteiger partial charge in [0.1, 0.15) is 0 Å². The molecule has 0 aliphatic heterocycles. The van der Waals surface area contributed by atoms with Gasteiger partial charge in [-0.2, -0.15) is 0 Å².